The van der Waals surface area contributed by atoms with Crippen molar-refractivity contribution >= 4 is 35.3 Å². The summed E-state index contributed by atoms with van der Waals surface area (Å²) in [5.74, 6) is -3.24. The van der Waals surface area contributed by atoms with Crippen LogP contribution in [0.3, 0.4) is 0 Å². The molecule has 9 heteroatoms. The first-order chi connectivity index (χ1) is 13.9. The average molecular weight is 399 g/mol. The molecule has 1 fully saturated rings. The van der Waals surface area contributed by atoms with Gasteiger partial charge in [0.2, 0.25) is 11.8 Å². The molecule has 1 heterocycles. The zero-order chi connectivity index (χ0) is 21.0. The van der Waals surface area contributed by atoms with Crippen LogP contribution in [0, 0.1) is 11.8 Å². The second-order valence-electron chi connectivity index (χ2n) is 6.78. The second kappa shape index (κ2) is 8.68. The van der Waals surface area contributed by atoms with Crippen LogP contribution in [0.4, 0.5) is 5.69 Å². The summed E-state index contributed by atoms with van der Waals surface area (Å²) in [5, 5.41) is 5.02. The number of likely N-dealkylation sites (tertiary alicyclic amines) is 1. The van der Waals surface area contributed by atoms with Gasteiger partial charge in [-0.15, -0.1) is 0 Å². The lowest BCUT2D eigenvalue weighted by Crippen LogP contribution is -2.37. The number of nitrogens with one attached hydrogen (secondary N) is 2. The number of benzene rings is 1. The molecule has 0 spiro atoms. The summed E-state index contributed by atoms with van der Waals surface area (Å²) in [6, 6.07) is 6.17. The molecule has 0 unspecified atom stereocenters. The molecule has 2 N–H and O–H groups in total. The van der Waals surface area contributed by atoms with Crippen molar-refractivity contribution in [3.8, 4) is 0 Å². The van der Waals surface area contributed by atoms with Crippen molar-refractivity contribution in [3.05, 3.63) is 42.0 Å². The summed E-state index contributed by atoms with van der Waals surface area (Å²) in [6.45, 7) is -1.06. The van der Waals surface area contributed by atoms with E-state index in [1.54, 1.807) is 24.3 Å². The number of allylic oxidation sites excluding steroid dienone is 2. The zero-order valence-electron chi connectivity index (χ0n) is 15.8. The first-order valence-electron chi connectivity index (χ1n) is 9.18. The number of carbonyl (C=O) groups is 5. The number of imide groups is 1. The zero-order valence-corrected chi connectivity index (χ0v) is 15.8. The molecule has 2 aliphatic rings. The molecule has 1 saturated heterocycles. The summed E-state index contributed by atoms with van der Waals surface area (Å²) in [7, 11) is 1.51. The minimum Gasteiger partial charge on any atom is -0.454 e. The number of rotatable bonds is 6. The number of ether oxygens (including phenoxy) is 1. The van der Waals surface area contributed by atoms with Crippen LogP contribution in [0.2, 0.25) is 0 Å². The molecule has 4 amide bonds. The minimum absolute atomic E-state index is 0.251. The minimum atomic E-state index is -0.830. The molecule has 29 heavy (non-hydrogen) atoms. The van der Waals surface area contributed by atoms with Crippen molar-refractivity contribution in [3.63, 3.8) is 0 Å². The summed E-state index contributed by atoms with van der Waals surface area (Å²) in [6.07, 6.45) is 4.70. The third-order valence-electron chi connectivity index (χ3n) is 4.91. The van der Waals surface area contributed by atoms with Crippen molar-refractivity contribution in [2.45, 2.75) is 12.8 Å². The standard InChI is InChI=1S/C20H21N3O6/c1-21-18(26)12-6-8-13(9-7-12)22-16(24)11-29-17(25)10-23-19(27)14-4-2-3-5-15(14)20(23)28/h2-3,6-9,14-15H,4-5,10-11H2,1H3,(H,21,26)(H,22,24)/t14-,15-/m1/s1. The largest absolute Gasteiger partial charge is 0.454 e. The molecule has 0 aromatic heterocycles. The molecule has 0 bridgehead atoms. The highest BCUT2D eigenvalue weighted by Gasteiger charge is 2.47. The topological polar surface area (TPSA) is 122 Å². The van der Waals surface area contributed by atoms with Gasteiger partial charge in [0.05, 0.1) is 11.8 Å². The van der Waals surface area contributed by atoms with Crippen molar-refractivity contribution in [2.75, 3.05) is 25.5 Å². The van der Waals surface area contributed by atoms with Crippen LogP contribution < -0.4 is 10.6 Å². The average Bonchev–Trinajstić information content (AvgIpc) is 2.97. The Kier molecular flexibility index (Phi) is 6.06. The Balaban J connectivity index is 1.47. The van der Waals surface area contributed by atoms with Gasteiger partial charge in [0.25, 0.3) is 11.8 Å². The normalized spacial score (nSPS) is 20.2. The van der Waals surface area contributed by atoms with E-state index < -0.39 is 36.9 Å². The van der Waals surface area contributed by atoms with Gasteiger partial charge in [-0.2, -0.15) is 0 Å². The lowest BCUT2D eigenvalue weighted by molar-refractivity contribution is -0.154. The van der Waals surface area contributed by atoms with Gasteiger partial charge in [-0.05, 0) is 37.1 Å². The van der Waals surface area contributed by atoms with E-state index in [9.17, 15) is 24.0 Å². The highest BCUT2D eigenvalue weighted by Crippen LogP contribution is 2.34. The van der Waals surface area contributed by atoms with Gasteiger partial charge in [-0.3, -0.25) is 28.9 Å². The number of anilines is 1. The first kappa shape index (κ1) is 20.2. The molecule has 1 aliphatic carbocycles. The predicted octanol–water partition coefficient (Wildman–Crippen LogP) is 0.479. The van der Waals surface area contributed by atoms with Crippen LogP contribution in [0.25, 0.3) is 0 Å². The Hall–Kier alpha value is -3.49. The van der Waals surface area contributed by atoms with E-state index >= 15 is 0 Å². The van der Waals surface area contributed by atoms with Gasteiger partial charge < -0.3 is 15.4 Å². The molecule has 3 rings (SSSR count). The van der Waals surface area contributed by atoms with Gasteiger partial charge in [0, 0.05) is 18.3 Å². The number of esters is 1. The third-order valence-corrected chi connectivity index (χ3v) is 4.91. The van der Waals surface area contributed by atoms with Crippen LogP contribution in [-0.2, 0) is 23.9 Å². The van der Waals surface area contributed by atoms with E-state index in [0.717, 1.165) is 4.90 Å². The molecule has 2 atom stereocenters. The number of carbonyl (C=O) groups excluding carboxylic acids is 5. The third kappa shape index (κ3) is 4.50. The van der Waals surface area contributed by atoms with Gasteiger partial charge in [0.1, 0.15) is 6.54 Å². The Morgan fingerprint density at radius 3 is 2.17 bits per heavy atom. The first-order valence-corrected chi connectivity index (χ1v) is 9.18. The number of fused-ring (bicyclic) bond motifs is 1. The summed E-state index contributed by atoms with van der Waals surface area (Å²) in [5.41, 5.74) is 0.868. The van der Waals surface area contributed by atoms with Gasteiger partial charge >= 0.3 is 5.97 Å². The molecule has 1 aromatic carbocycles. The van der Waals surface area contributed by atoms with E-state index in [1.807, 2.05) is 12.2 Å². The van der Waals surface area contributed by atoms with E-state index in [2.05, 4.69) is 10.6 Å². The summed E-state index contributed by atoms with van der Waals surface area (Å²) < 4.78 is 4.89. The fourth-order valence-corrected chi connectivity index (χ4v) is 3.39. The number of amides is 4. The Bertz CT molecular complexity index is 851. The van der Waals surface area contributed by atoms with Crippen molar-refractivity contribution in [1.82, 2.24) is 10.2 Å². The quantitative estimate of drug-likeness (QED) is 0.408. The number of nitrogens with zero attached hydrogens (tertiary/aromatic N) is 1. The molecular formula is C20H21N3O6. The van der Waals surface area contributed by atoms with Crippen molar-refractivity contribution in [2.24, 2.45) is 11.8 Å². The van der Waals surface area contributed by atoms with Crippen LogP contribution >= 0.6 is 0 Å². The number of hydrogen-bond donors (Lipinski definition) is 2. The van der Waals surface area contributed by atoms with Gasteiger partial charge in [-0.25, -0.2) is 0 Å². The highest BCUT2D eigenvalue weighted by molar-refractivity contribution is 6.07. The SMILES string of the molecule is CNC(=O)c1ccc(NC(=O)COC(=O)CN2C(=O)[C@@H]3CC=CC[C@H]3C2=O)cc1. The van der Waals surface area contributed by atoms with E-state index in [0.29, 0.717) is 24.1 Å². The van der Waals surface area contributed by atoms with Crippen molar-refractivity contribution in [1.29, 1.82) is 0 Å². The molecule has 0 radical (unpaired) electrons. The summed E-state index contributed by atoms with van der Waals surface area (Å²) in [4.78, 5) is 61.0. The number of hydrogen-bond acceptors (Lipinski definition) is 6. The molecular weight excluding hydrogens is 378 g/mol. The lowest BCUT2D eigenvalue weighted by Gasteiger charge is -2.14. The van der Waals surface area contributed by atoms with Crippen molar-refractivity contribution < 1.29 is 28.7 Å². The molecule has 0 saturated carbocycles. The fraction of sp³-hybridized carbons (Fsp3) is 0.350. The maximum Gasteiger partial charge on any atom is 0.326 e. The lowest BCUT2D eigenvalue weighted by atomic mass is 9.85. The highest BCUT2D eigenvalue weighted by atomic mass is 16.5. The van der Waals surface area contributed by atoms with Crippen LogP contribution in [0.5, 0.6) is 0 Å². The van der Waals surface area contributed by atoms with Gasteiger partial charge in [-0.1, -0.05) is 12.2 Å². The molecule has 152 valence electrons. The Morgan fingerprint density at radius 2 is 1.62 bits per heavy atom. The van der Waals surface area contributed by atoms with Crippen LogP contribution in [-0.4, -0.2) is 54.7 Å². The van der Waals surface area contributed by atoms with E-state index in [4.69, 9.17) is 4.74 Å². The summed E-state index contributed by atoms with van der Waals surface area (Å²) >= 11 is 0. The Morgan fingerprint density at radius 1 is 1.03 bits per heavy atom. The second-order valence-corrected chi connectivity index (χ2v) is 6.78. The van der Waals surface area contributed by atoms with E-state index in [1.165, 1.54) is 7.05 Å². The molecule has 1 aliphatic heterocycles. The Labute approximate surface area is 167 Å². The monoisotopic (exact) mass is 399 g/mol. The fourth-order valence-electron chi connectivity index (χ4n) is 3.39. The predicted molar refractivity (Wildman–Crippen MR) is 101 cm³/mol. The molecule has 9 nitrogen and oxygen atoms in total. The van der Waals surface area contributed by atoms with Crippen LogP contribution in [0.15, 0.2) is 36.4 Å². The maximum atomic E-state index is 12.3. The molecule has 1 aromatic rings. The smallest absolute Gasteiger partial charge is 0.326 e. The van der Waals surface area contributed by atoms with Gasteiger partial charge in [0.15, 0.2) is 6.61 Å². The van der Waals surface area contributed by atoms with Crippen LogP contribution in [0.1, 0.15) is 23.2 Å². The van der Waals surface area contributed by atoms with E-state index in [-0.39, 0.29) is 17.7 Å². The maximum absolute atomic E-state index is 12.3.